The molecule has 0 atom stereocenters. The van der Waals surface area contributed by atoms with Crippen molar-refractivity contribution < 1.29 is 14.5 Å². The van der Waals surface area contributed by atoms with Gasteiger partial charge in [-0.3, -0.25) is 14.9 Å². The Morgan fingerprint density at radius 3 is 2.67 bits per heavy atom. The van der Waals surface area contributed by atoms with Gasteiger partial charge in [-0.25, -0.2) is 5.43 Å². The van der Waals surface area contributed by atoms with Gasteiger partial charge in [-0.05, 0) is 39.0 Å². The lowest BCUT2D eigenvalue weighted by atomic mass is 9.87. The number of benzene rings is 2. The van der Waals surface area contributed by atoms with Crippen molar-refractivity contribution in [3.05, 3.63) is 68.2 Å². The molecule has 0 aromatic heterocycles. The first-order valence-electron chi connectivity index (χ1n) is 8.16. The summed E-state index contributed by atoms with van der Waals surface area (Å²) in [5.74, 6) is 0.115. The van der Waals surface area contributed by atoms with Crippen LogP contribution in [0.2, 0.25) is 0 Å². The first kappa shape index (κ1) is 20.6. The lowest BCUT2D eigenvalue weighted by Crippen LogP contribution is -2.24. The monoisotopic (exact) mass is 433 g/mol. The molecule has 0 aliphatic heterocycles. The number of nitrogens with one attached hydrogen (secondary N) is 1. The molecule has 8 heteroatoms. The highest BCUT2D eigenvalue weighted by Gasteiger charge is 2.15. The van der Waals surface area contributed by atoms with Crippen molar-refractivity contribution in [3.63, 3.8) is 0 Å². The highest BCUT2D eigenvalue weighted by atomic mass is 79.9. The van der Waals surface area contributed by atoms with Gasteiger partial charge in [0.05, 0.1) is 15.6 Å². The van der Waals surface area contributed by atoms with Crippen molar-refractivity contribution in [2.24, 2.45) is 5.10 Å². The summed E-state index contributed by atoms with van der Waals surface area (Å²) in [5.41, 5.74) is 3.95. The number of rotatable bonds is 6. The molecule has 0 saturated carbocycles. The van der Waals surface area contributed by atoms with Crippen LogP contribution >= 0.6 is 15.9 Å². The Morgan fingerprint density at radius 1 is 1.30 bits per heavy atom. The van der Waals surface area contributed by atoms with Gasteiger partial charge < -0.3 is 4.74 Å². The van der Waals surface area contributed by atoms with E-state index in [4.69, 9.17) is 4.74 Å². The Morgan fingerprint density at radius 2 is 2.04 bits per heavy atom. The molecule has 0 fully saturated rings. The van der Waals surface area contributed by atoms with E-state index in [9.17, 15) is 14.9 Å². The molecule has 0 aliphatic rings. The number of hydrazone groups is 1. The lowest BCUT2D eigenvalue weighted by molar-refractivity contribution is -0.384. The number of hydrogen-bond donors (Lipinski definition) is 1. The van der Waals surface area contributed by atoms with E-state index in [1.807, 2.05) is 18.2 Å². The van der Waals surface area contributed by atoms with Crippen LogP contribution in [0.3, 0.4) is 0 Å². The second-order valence-corrected chi connectivity index (χ2v) is 7.68. The van der Waals surface area contributed by atoms with Crippen molar-refractivity contribution in [2.45, 2.75) is 26.2 Å². The number of amides is 1. The molecular formula is C19H20BrN3O4. The maximum absolute atomic E-state index is 11.8. The third kappa shape index (κ3) is 6.18. The summed E-state index contributed by atoms with van der Waals surface area (Å²) in [4.78, 5) is 22.1. The summed E-state index contributed by atoms with van der Waals surface area (Å²) in [6, 6.07) is 11.7. The molecular weight excluding hydrogens is 414 g/mol. The molecule has 0 saturated heterocycles. The van der Waals surface area contributed by atoms with Crippen LogP contribution in [0.25, 0.3) is 0 Å². The molecule has 1 N–H and O–H groups in total. The zero-order valence-electron chi connectivity index (χ0n) is 15.2. The number of halogens is 1. The van der Waals surface area contributed by atoms with E-state index in [0.29, 0.717) is 11.3 Å². The van der Waals surface area contributed by atoms with Gasteiger partial charge in [0.15, 0.2) is 6.61 Å². The maximum Gasteiger partial charge on any atom is 0.277 e. The van der Waals surface area contributed by atoms with E-state index in [1.54, 1.807) is 12.1 Å². The van der Waals surface area contributed by atoms with Gasteiger partial charge in [0.2, 0.25) is 0 Å². The molecule has 2 rings (SSSR count). The highest BCUT2D eigenvalue weighted by Crippen LogP contribution is 2.31. The zero-order valence-corrected chi connectivity index (χ0v) is 16.8. The van der Waals surface area contributed by atoms with Crippen LogP contribution in [-0.4, -0.2) is 23.7 Å². The number of carbonyl (C=O) groups is 1. The third-order valence-corrected chi connectivity index (χ3v) is 4.26. The van der Waals surface area contributed by atoms with E-state index in [0.717, 1.165) is 10.0 Å². The molecule has 1 amide bonds. The molecule has 0 unspecified atom stereocenters. The Balaban J connectivity index is 1.89. The predicted octanol–water partition coefficient (Wildman–Crippen LogP) is 4.18. The van der Waals surface area contributed by atoms with Crippen LogP contribution in [0.15, 0.2) is 52.0 Å². The summed E-state index contributed by atoms with van der Waals surface area (Å²) in [7, 11) is 0. The number of nitro groups is 1. The van der Waals surface area contributed by atoms with E-state index < -0.39 is 10.8 Å². The van der Waals surface area contributed by atoms with Gasteiger partial charge in [-0.1, -0.05) is 39.0 Å². The number of non-ortho nitro benzene ring substituents is 1. The fraction of sp³-hybridized carbons (Fsp3) is 0.263. The van der Waals surface area contributed by atoms with Gasteiger partial charge in [-0.2, -0.15) is 5.10 Å². The van der Waals surface area contributed by atoms with Gasteiger partial charge in [-0.15, -0.1) is 0 Å². The summed E-state index contributed by atoms with van der Waals surface area (Å²) in [6.07, 6.45) is 1.33. The standard InChI is InChI=1S/C19H20BrN3O4/c1-19(2,3)14-7-8-17(16(20)10-14)27-12-18(24)22-21-11-13-5-4-6-15(9-13)23(25)26/h4-11H,12H2,1-3H3,(H,22,24)/b21-11+. The van der Waals surface area contributed by atoms with Crippen LogP contribution in [0, 0.1) is 10.1 Å². The van der Waals surface area contributed by atoms with E-state index in [1.165, 1.54) is 18.3 Å². The van der Waals surface area contributed by atoms with Crippen LogP contribution in [0.4, 0.5) is 5.69 Å². The Bertz CT molecular complexity index is 875. The Hall–Kier alpha value is -2.74. The van der Waals surface area contributed by atoms with Gasteiger partial charge >= 0.3 is 0 Å². The molecule has 7 nitrogen and oxygen atoms in total. The van der Waals surface area contributed by atoms with E-state index in [-0.39, 0.29) is 17.7 Å². The van der Waals surface area contributed by atoms with Crippen LogP contribution in [0.5, 0.6) is 5.75 Å². The molecule has 0 aliphatic carbocycles. The quantitative estimate of drug-likeness (QED) is 0.419. The number of ether oxygens (including phenoxy) is 1. The SMILES string of the molecule is CC(C)(C)c1ccc(OCC(=O)N/N=C/c2cccc([N+](=O)[O-])c2)c(Br)c1. The van der Waals surface area contributed by atoms with Crippen LogP contribution in [0.1, 0.15) is 31.9 Å². The van der Waals surface area contributed by atoms with Gasteiger partial charge in [0, 0.05) is 17.7 Å². The predicted molar refractivity (Wildman–Crippen MR) is 107 cm³/mol. The van der Waals surface area contributed by atoms with Gasteiger partial charge in [0.1, 0.15) is 5.75 Å². The molecule has 2 aromatic carbocycles. The first-order valence-corrected chi connectivity index (χ1v) is 8.95. The highest BCUT2D eigenvalue weighted by molar-refractivity contribution is 9.10. The average Bonchev–Trinajstić information content (AvgIpc) is 2.60. The summed E-state index contributed by atoms with van der Waals surface area (Å²) < 4.78 is 6.26. The molecule has 142 valence electrons. The second-order valence-electron chi connectivity index (χ2n) is 6.83. The molecule has 2 aromatic rings. The lowest BCUT2D eigenvalue weighted by Gasteiger charge is -2.20. The van der Waals surface area contributed by atoms with E-state index in [2.05, 4.69) is 47.2 Å². The van der Waals surface area contributed by atoms with Crippen molar-refractivity contribution in [2.75, 3.05) is 6.61 Å². The van der Waals surface area contributed by atoms with Crippen LogP contribution in [-0.2, 0) is 10.2 Å². The minimum atomic E-state index is -0.493. The summed E-state index contributed by atoms with van der Waals surface area (Å²) in [5, 5.41) is 14.5. The molecule has 0 heterocycles. The van der Waals surface area contributed by atoms with Crippen molar-refractivity contribution in [1.29, 1.82) is 0 Å². The number of nitrogens with zero attached hydrogens (tertiary/aromatic N) is 2. The minimum absolute atomic E-state index is 0.0135. The van der Waals surface area contributed by atoms with Crippen LogP contribution < -0.4 is 10.2 Å². The van der Waals surface area contributed by atoms with Crippen molar-refractivity contribution in [1.82, 2.24) is 5.43 Å². The summed E-state index contributed by atoms with van der Waals surface area (Å²) in [6.45, 7) is 6.13. The molecule has 0 radical (unpaired) electrons. The fourth-order valence-electron chi connectivity index (χ4n) is 2.16. The number of hydrogen-bond acceptors (Lipinski definition) is 5. The minimum Gasteiger partial charge on any atom is -0.483 e. The fourth-order valence-corrected chi connectivity index (χ4v) is 2.65. The normalized spacial score (nSPS) is 11.4. The van der Waals surface area contributed by atoms with E-state index >= 15 is 0 Å². The molecule has 0 spiro atoms. The Kier molecular flexibility index (Phi) is 6.68. The maximum atomic E-state index is 11.8. The Labute approximate surface area is 165 Å². The second kappa shape index (κ2) is 8.77. The van der Waals surface area contributed by atoms with Gasteiger partial charge in [0.25, 0.3) is 11.6 Å². The third-order valence-electron chi connectivity index (χ3n) is 3.64. The van der Waals surface area contributed by atoms with Crippen molar-refractivity contribution >= 4 is 33.7 Å². The number of carbonyl (C=O) groups excluding carboxylic acids is 1. The molecule has 0 bridgehead atoms. The van der Waals surface area contributed by atoms with Crippen molar-refractivity contribution in [3.8, 4) is 5.75 Å². The zero-order chi connectivity index (χ0) is 20.0. The molecule has 27 heavy (non-hydrogen) atoms. The average molecular weight is 434 g/mol. The summed E-state index contributed by atoms with van der Waals surface area (Å²) >= 11 is 3.45. The first-order chi connectivity index (χ1) is 12.7. The number of nitro benzene ring substituents is 1. The largest absolute Gasteiger partial charge is 0.483 e. The smallest absolute Gasteiger partial charge is 0.277 e. The topological polar surface area (TPSA) is 93.8 Å².